The van der Waals surface area contributed by atoms with Crippen LogP contribution in [0.3, 0.4) is 0 Å². The Balaban J connectivity index is 0.00000151. The average molecular weight is 341 g/mol. The zero-order valence-electron chi connectivity index (χ0n) is 16.3. The molecule has 0 aliphatic heterocycles. The second-order valence-electron chi connectivity index (χ2n) is 6.80. The summed E-state index contributed by atoms with van der Waals surface area (Å²) in [5.74, 6) is 0. The molecule has 1 amide bonds. The van der Waals surface area contributed by atoms with E-state index in [1.807, 2.05) is 65.0 Å². The van der Waals surface area contributed by atoms with Crippen LogP contribution in [0, 0.1) is 6.92 Å². The van der Waals surface area contributed by atoms with Crippen LogP contribution in [0.2, 0.25) is 0 Å². The van der Waals surface area contributed by atoms with E-state index in [0.29, 0.717) is 0 Å². The maximum atomic E-state index is 12.2. The molecule has 3 heteroatoms. The Morgan fingerprint density at radius 3 is 2.08 bits per heavy atom. The Morgan fingerprint density at radius 2 is 1.56 bits per heavy atom. The molecule has 25 heavy (non-hydrogen) atoms. The average Bonchev–Trinajstić information content (AvgIpc) is 2.57. The standard InChI is InChI=1S/C20H25NO2.C2H6/c1-15-10-12-16(13-11-15)14-18(17-8-6-5-7-9-17)21-19(22)23-20(2,3)4;1-2/h5-13,18H,14H2,1-4H3,(H,21,22);1-2H3. The zero-order valence-corrected chi connectivity index (χ0v) is 16.3. The number of hydrogen-bond acceptors (Lipinski definition) is 2. The Hall–Kier alpha value is -2.29. The molecule has 0 aromatic heterocycles. The first-order valence-electron chi connectivity index (χ1n) is 8.93. The minimum atomic E-state index is -0.505. The number of aryl methyl sites for hydroxylation is 1. The minimum absolute atomic E-state index is 0.117. The summed E-state index contributed by atoms with van der Waals surface area (Å²) in [6.45, 7) is 11.7. The Bertz CT molecular complexity index is 627. The van der Waals surface area contributed by atoms with Gasteiger partial charge in [0.05, 0.1) is 6.04 Å². The van der Waals surface area contributed by atoms with Crippen LogP contribution in [-0.2, 0) is 11.2 Å². The summed E-state index contributed by atoms with van der Waals surface area (Å²) >= 11 is 0. The highest BCUT2D eigenvalue weighted by molar-refractivity contribution is 5.68. The molecule has 0 heterocycles. The number of carbonyl (C=O) groups excluding carboxylic acids is 1. The van der Waals surface area contributed by atoms with Gasteiger partial charge in [0.25, 0.3) is 0 Å². The molecular formula is C22H31NO2. The van der Waals surface area contributed by atoms with E-state index >= 15 is 0 Å². The van der Waals surface area contributed by atoms with Crippen molar-refractivity contribution in [3.8, 4) is 0 Å². The van der Waals surface area contributed by atoms with Crippen molar-refractivity contribution in [1.82, 2.24) is 5.32 Å². The van der Waals surface area contributed by atoms with E-state index in [1.165, 1.54) is 11.1 Å². The lowest BCUT2D eigenvalue weighted by molar-refractivity contribution is 0.0503. The van der Waals surface area contributed by atoms with Crippen molar-refractivity contribution >= 4 is 6.09 Å². The van der Waals surface area contributed by atoms with Gasteiger partial charge in [-0.3, -0.25) is 0 Å². The Kier molecular flexibility index (Phi) is 8.20. The van der Waals surface area contributed by atoms with E-state index in [9.17, 15) is 4.79 Å². The number of benzene rings is 2. The molecule has 1 atom stereocenters. The molecule has 3 nitrogen and oxygen atoms in total. The normalized spacial score (nSPS) is 11.8. The Morgan fingerprint density at radius 1 is 1.00 bits per heavy atom. The molecular weight excluding hydrogens is 310 g/mol. The summed E-state index contributed by atoms with van der Waals surface area (Å²) in [6.07, 6.45) is 0.335. The lowest BCUT2D eigenvalue weighted by Crippen LogP contribution is -2.35. The van der Waals surface area contributed by atoms with Gasteiger partial charge in [-0.15, -0.1) is 0 Å². The minimum Gasteiger partial charge on any atom is -0.444 e. The highest BCUT2D eigenvalue weighted by atomic mass is 16.6. The highest BCUT2D eigenvalue weighted by Crippen LogP contribution is 2.20. The molecule has 0 saturated carbocycles. The van der Waals surface area contributed by atoms with Crippen LogP contribution in [0.25, 0.3) is 0 Å². The first kappa shape index (κ1) is 20.8. The fraction of sp³-hybridized carbons (Fsp3) is 0.409. The van der Waals surface area contributed by atoms with Gasteiger partial charge in [-0.05, 0) is 45.2 Å². The van der Waals surface area contributed by atoms with Gasteiger partial charge in [-0.25, -0.2) is 4.79 Å². The first-order valence-corrected chi connectivity index (χ1v) is 8.93. The monoisotopic (exact) mass is 341 g/mol. The molecule has 0 aliphatic carbocycles. The van der Waals surface area contributed by atoms with E-state index < -0.39 is 11.7 Å². The summed E-state index contributed by atoms with van der Waals surface area (Å²) < 4.78 is 5.40. The predicted octanol–water partition coefficient (Wildman–Crippen LogP) is 5.83. The van der Waals surface area contributed by atoms with Crippen LogP contribution in [0.15, 0.2) is 54.6 Å². The maximum absolute atomic E-state index is 12.2. The number of rotatable bonds is 4. The van der Waals surface area contributed by atoms with Crippen molar-refractivity contribution in [2.45, 2.75) is 59.6 Å². The van der Waals surface area contributed by atoms with E-state index in [4.69, 9.17) is 4.74 Å². The highest BCUT2D eigenvalue weighted by Gasteiger charge is 2.20. The molecule has 2 rings (SSSR count). The van der Waals surface area contributed by atoms with Gasteiger partial charge in [-0.1, -0.05) is 74.0 Å². The molecule has 0 radical (unpaired) electrons. The molecule has 0 spiro atoms. The summed E-state index contributed by atoms with van der Waals surface area (Å²) in [4.78, 5) is 12.2. The van der Waals surface area contributed by atoms with Crippen molar-refractivity contribution in [2.75, 3.05) is 0 Å². The van der Waals surface area contributed by atoms with Crippen LogP contribution in [0.4, 0.5) is 4.79 Å². The summed E-state index contributed by atoms with van der Waals surface area (Å²) in [7, 11) is 0. The number of nitrogens with one attached hydrogen (secondary N) is 1. The van der Waals surface area contributed by atoms with Gasteiger partial charge >= 0.3 is 6.09 Å². The number of amides is 1. The second kappa shape index (κ2) is 9.87. The molecule has 2 aromatic rings. The van der Waals surface area contributed by atoms with Crippen LogP contribution in [0.1, 0.15) is 57.4 Å². The van der Waals surface area contributed by atoms with Gasteiger partial charge in [0, 0.05) is 0 Å². The lowest BCUT2D eigenvalue weighted by Gasteiger charge is -2.24. The SMILES string of the molecule is CC.Cc1ccc(CC(NC(=O)OC(C)(C)C)c2ccccc2)cc1. The van der Waals surface area contributed by atoms with Crippen molar-refractivity contribution in [3.63, 3.8) is 0 Å². The fourth-order valence-electron chi connectivity index (χ4n) is 2.35. The summed E-state index contributed by atoms with van der Waals surface area (Å²) in [5.41, 5.74) is 2.97. The molecule has 136 valence electrons. The van der Waals surface area contributed by atoms with Crippen molar-refractivity contribution in [2.24, 2.45) is 0 Å². The van der Waals surface area contributed by atoms with Gasteiger partial charge < -0.3 is 10.1 Å². The van der Waals surface area contributed by atoms with Gasteiger partial charge in [0.15, 0.2) is 0 Å². The molecule has 1 N–H and O–H groups in total. The third kappa shape index (κ3) is 7.88. The lowest BCUT2D eigenvalue weighted by atomic mass is 9.98. The second-order valence-corrected chi connectivity index (χ2v) is 6.80. The van der Waals surface area contributed by atoms with Crippen molar-refractivity contribution in [3.05, 3.63) is 71.3 Å². The maximum Gasteiger partial charge on any atom is 0.408 e. The van der Waals surface area contributed by atoms with Crippen LogP contribution >= 0.6 is 0 Å². The van der Waals surface area contributed by atoms with E-state index in [-0.39, 0.29) is 6.04 Å². The fourth-order valence-corrected chi connectivity index (χ4v) is 2.35. The summed E-state index contributed by atoms with van der Waals surface area (Å²) in [5, 5.41) is 2.99. The zero-order chi connectivity index (χ0) is 18.9. The van der Waals surface area contributed by atoms with Gasteiger partial charge in [-0.2, -0.15) is 0 Å². The first-order chi connectivity index (χ1) is 11.8. The van der Waals surface area contributed by atoms with Crippen LogP contribution < -0.4 is 5.32 Å². The van der Waals surface area contributed by atoms with Crippen molar-refractivity contribution < 1.29 is 9.53 Å². The van der Waals surface area contributed by atoms with E-state index in [0.717, 1.165) is 12.0 Å². The Labute approximate surface area is 152 Å². The predicted molar refractivity (Wildman–Crippen MR) is 105 cm³/mol. The summed E-state index contributed by atoms with van der Waals surface area (Å²) in [6, 6.07) is 18.2. The quantitative estimate of drug-likeness (QED) is 0.760. The molecule has 1 unspecified atom stereocenters. The number of ether oxygens (including phenoxy) is 1. The molecule has 0 bridgehead atoms. The molecule has 0 saturated heterocycles. The molecule has 2 aromatic carbocycles. The topological polar surface area (TPSA) is 38.3 Å². The smallest absolute Gasteiger partial charge is 0.408 e. The third-order valence-corrected chi connectivity index (χ3v) is 3.45. The van der Waals surface area contributed by atoms with E-state index in [1.54, 1.807) is 0 Å². The molecule has 0 aliphatic rings. The van der Waals surface area contributed by atoms with Crippen LogP contribution in [-0.4, -0.2) is 11.7 Å². The number of alkyl carbamates (subject to hydrolysis) is 1. The van der Waals surface area contributed by atoms with E-state index in [2.05, 4.69) is 36.5 Å². The van der Waals surface area contributed by atoms with Crippen LogP contribution in [0.5, 0.6) is 0 Å². The molecule has 0 fully saturated rings. The number of hydrogen-bond donors (Lipinski definition) is 1. The largest absolute Gasteiger partial charge is 0.444 e. The van der Waals surface area contributed by atoms with Gasteiger partial charge in [0.1, 0.15) is 5.60 Å². The third-order valence-electron chi connectivity index (χ3n) is 3.45. The number of carbonyl (C=O) groups is 1. The van der Waals surface area contributed by atoms with Gasteiger partial charge in [0.2, 0.25) is 0 Å². The van der Waals surface area contributed by atoms with Crippen molar-refractivity contribution in [1.29, 1.82) is 0 Å².